The highest BCUT2D eigenvalue weighted by molar-refractivity contribution is 7.15. The monoisotopic (exact) mass is 327 g/mol. The smallest absolute Gasteiger partial charge is 0.305 e. The van der Waals surface area contributed by atoms with Gasteiger partial charge in [-0.25, -0.2) is 4.98 Å². The molecule has 1 aliphatic rings. The van der Waals surface area contributed by atoms with Crippen LogP contribution in [0.15, 0.2) is 0 Å². The second-order valence-corrected chi connectivity index (χ2v) is 6.38. The standard InChI is InChI=1S/C14H21N3O4S/c1-10-11(2)22-14(15-10)17(4-3-13(19)20)9-12(18)16-5-7-21-8-6-16/h3-9H2,1-2H3,(H,19,20). The van der Waals surface area contributed by atoms with E-state index >= 15 is 0 Å². The van der Waals surface area contributed by atoms with Gasteiger partial charge in [0.15, 0.2) is 5.13 Å². The van der Waals surface area contributed by atoms with Crippen molar-refractivity contribution in [2.45, 2.75) is 20.3 Å². The first-order valence-corrected chi connectivity index (χ1v) is 8.05. The van der Waals surface area contributed by atoms with Crippen molar-refractivity contribution in [2.75, 3.05) is 44.3 Å². The Morgan fingerprint density at radius 1 is 1.36 bits per heavy atom. The van der Waals surface area contributed by atoms with Gasteiger partial charge < -0.3 is 19.6 Å². The normalized spacial score (nSPS) is 14.9. The van der Waals surface area contributed by atoms with Gasteiger partial charge in [0.1, 0.15) is 0 Å². The lowest BCUT2D eigenvalue weighted by Crippen LogP contribution is -2.46. The average molecular weight is 327 g/mol. The van der Waals surface area contributed by atoms with Gasteiger partial charge in [-0.2, -0.15) is 0 Å². The molecule has 122 valence electrons. The van der Waals surface area contributed by atoms with Crippen molar-refractivity contribution >= 4 is 28.3 Å². The summed E-state index contributed by atoms with van der Waals surface area (Å²) in [5.41, 5.74) is 0.916. The molecule has 0 unspecified atom stereocenters. The van der Waals surface area contributed by atoms with Gasteiger partial charge >= 0.3 is 5.97 Å². The molecule has 0 aliphatic carbocycles. The van der Waals surface area contributed by atoms with Gasteiger partial charge in [0.2, 0.25) is 5.91 Å². The zero-order valence-electron chi connectivity index (χ0n) is 12.9. The minimum Gasteiger partial charge on any atom is -0.481 e. The van der Waals surface area contributed by atoms with E-state index < -0.39 is 5.97 Å². The number of ether oxygens (including phenoxy) is 1. The maximum Gasteiger partial charge on any atom is 0.305 e. The molecule has 1 fully saturated rings. The fourth-order valence-corrected chi connectivity index (χ4v) is 3.07. The SMILES string of the molecule is Cc1nc(N(CCC(=O)O)CC(=O)N2CCOCC2)sc1C. The number of aryl methyl sites for hydroxylation is 2. The molecule has 0 atom stereocenters. The zero-order valence-corrected chi connectivity index (χ0v) is 13.7. The van der Waals surface area contributed by atoms with Gasteiger partial charge in [0.05, 0.1) is 31.9 Å². The summed E-state index contributed by atoms with van der Waals surface area (Å²) in [5, 5.41) is 9.60. The Balaban J connectivity index is 2.06. The predicted octanol–water partition coefficient (Wildman–Crippen LogP) is 0.900. The summed E-state index contributed by atoms with van der Waals surface area (Å²) >= 11 is 1.49. The zero-order chi connectivity index (χ0) is 16.1. The molecule has 0 bridgehead atoms. The maximum absolute atomic E-state index is 12.4. The molecular weight excluding hydrogens is 306 g/mol. The summed E-state index contributed by atoms with van der Waals surface area (Å²) in [6.07, 6.45) is -0.0198. The number of rotatable bonds is 6. The molecule has 7 nitrogen and oxygen atoms in total. The Labute approximate surface area is 133 Å². The quantitative estimate of drug-likeness (QED) is 0.836. The van der Waals surface area contributed by atoms with Crippen molar-refractivity contribution in [3.63, 3.8) is 0 Å². The Morgan fingerprint density at radius 2 is 2.05 bits per heavy atom. The molecule has 1 saturated heterocycles. The number of morpholine rings is 1. The Morgan fingerprint density at radius 3 is 2.59 bits per heavy atom. The van der Waals surface area contributed by atoms with E-state index in [1.54, 1.807) is 9.80 Å². The fourth-order valence-electron chi connectivity index (χ4n) is 2.14. The van der Waals surface area contributed by atoms with Crippen LogP contribution in [0.25, 0.3) is 0 Å². The predicted molar refractivity (Wildman–Crippen MR) is 83.5 cm³/mol. The van der Waals surface area contributed by atoms with Crippen LogP contribution in [0.3, 0.4) is 0 Å². The van der Waals surface area contributed by atoms with Gasteiger partial charge in [-0.3, -0.25) is 9.59 Å². The highest BCUT2D eigenvalue weighted by Gasteiger charge is 2.22. The molecular formula is C14H21N3O4S. The lowest BCUT2D eigenvalue weighted by molar-refractivity contribution is -0.137. The van der Waals surface area contributed by atoms with E-state index in [2.05, 4.69) is 4.98 Å². The van der Waals surface area contributed by atoms with Crippen LogP contribution < -0.4 is 4.90 Å². The first-order valence-electron chi connectivity index (χ1n) is 7.23. The third-order valence-corrected chi connectivity index (χ3v) is 4.71. The minimum atomic E-state index is -0.881. The third-order valence-electron chi connectivity index (χ3n) is 3.57. The van der Waals surface area contributed by atoms with Crippen molar-refractivity contribution in [1.29, 1.82) is 0 Å². The molecule has 0 radical (unpaired) electrons. The number of anilines is 1. The Bertz CT molecular complexity index is 521. The summed E-state index contributed by atoms with van der Waals surface area (Å²) in [5.74, 6) is -0.895. The van der Waals surface area contributed by atoms with E-state index in [0.29, 0.717) is 31.4 Å². The van der Waals surface area contributed by atoms with Crippen LogP contribution in [0.2, 0.25) is 0 Å². The molecule has 1 aromatic rings. The van der Waals surface area contributed by atoms with Crippen molar-refractivity contribution in [2.24, 2.45) is 0 Å². The van der Waals surface area contributed by atoms with Gasteiger partial charge in [-0.05, 0) is 13.8 Å². The van der Waals surface area contributed by atoms with Gasteiger partial charge in [-0.1, -0.05) is 0 Å². The molecule has 0 saturated carbocycles. The number of amides is 1. The summed E-state index contributed by atoms with van der Waals surface area (Å²) in [6.45, 7) is 6.58. The number of nitrogens with zero attached hydrogens (tertiary/aromatic N) is 3. The summed E-state index contributed by atoms with van der Waals surface area (Å²) in [6, 6.07) is 0. The van der Waals surface area contributed by atoms with Crippen molar-refractivity contribution < 1.29 is 19.4 Å². The second kappa shape index (κ2) is 7.55. The lowest BCUT2D eigenvalue weighted by Gasteiger charge is -2.29. The fraction of sp³-hybridized carbons (Fsp3) is 0.643. The van der Waals surface area contributed by atoms with Gasteiger partial charge in [0.25, 0.3) is 0 Å². The molecule has 8 heteroatoms. The van der Waals surface area contributed by atoms with E-state index in [1.165, 1.54) is 11.3 Å². The molecule has 1 N–H and O–H groups in total. The Hall–Kier alpha value is -1.67. The van der Waals surface area contributed by atoms with E-state index in [1.807, 2.05) is 13.8 Å². The topological polar surface area (TPSA) is 83.0 Å². The molecule has 0 spiro atoms. The van der Waals surface area contributed by atoms with E-state index in [-0.39, 0.29) is 25.4 Å². The first-order chi connectivity index (χ1) is 10.5. The lowest BCUT2D eigenvalue weighted by atomic mass is 10.3. The highest BCUT2D eigenvalue weighted by Crippen LogP contribution is 2.25. The molecule has 2 heterocycles. The van der Waals surface area contributed by atoms with Crippen molar-refractivity contribution in [1.82, 2.24) is 9.88 Å². The number of carboxylic acids is 1. The van der Waals surface area contributed by atoms with Crippen LogP contribution in [0.1, 0.15) is 17.0 Å². The second-order valence-electron chi connectivity index (χ2n) is 5.20. The summed E-state index contributed by atoms with van der Waals surface area (Å²) in [7, 11) is 0. The third kappa shape index (κ3) is 4.41. The first kappa shape index (κ1) is 16.7. The molecule has 2 rings (SSSR count). The Kier molecular flexibility index (Phi) is 5.73. The molecule has 22 heavy (non-hydrogen) atoms. The number of aliphatic carboxylic acids is 1. The number of carbonyl (C=O) groups excluding carboxylic acids is 1. The number of hydrogen-bond donors (Lipinski definition) is 1. The number of carbonyl (C=O) groups is 2. The van der Waals surface area contributed by atoms with Gasteiger partial charge in [0, 0.05) is 24.5 Å². The van der Waals surface area contributed by atoms with Crippen molar-refractivity contribution in [3.8, 4) is 0 Å². The van der Waals surface area contributed by atoms with Gasteiger partial charge in [-0.15, -0.1) is 11.3 Å². The van der Waals surface area contributed by atoms with E-state index in [0.717, 1.165) is 10.6 Å². The van der Waals surface area contributed by atoms with Crippen LogP contribution in [-0.4, -0.2) is 66.3 Å². The summed E-state index contributed by atoms with van der Waals surface area (Å²) in [4.78, 5) is 32.3. The van der Waals surface area contributed by atoms with Crippen LogP contribution in [-0.2, 0) is 14.3 Å². The number of hydrogen-bond acceptors (Lipinski definition) is 6. The molecule has 1 aliphatic heterocycles. The van der Waals surface area contributed by atoms with E-state index in [4.69, 9.17) is 9.84 Å². The average Bonchev–Trinajstić information content (AvgIpc) is 2.83. The minimum absolute atomic E-state index is 0.0146. The van der Waals surface area contributed by atoms with Crippen molar-refractivity contribution in [3.05, 3.63) is 10.6 Å². The van der Waals surface area contributed by atoms with Crippen LogP contribution >= 0.6 is 11.3 Å². The van der Waals surface area contributed by atoms with Crippen LogP contribution in [0.4, 0.5) is 5.13 Å². The number of carboxylic acid groups (broad SMARTS) is 1. The highest BCUT2D eigenvalue weighted by atomic mass is 32.1. The number of thiazole rings is 1. The van der Waals surface area contributed by atoms with Crippen LogP contribution in [0, 0.1) is 13.8 Å². The molecule has 1 amide bonds. The number of aromatic nitrogens is 1. The molecule has 1 aromatic heterocycles. The maximum atomic E-state index is 12.4. The largest absolute Gasteiger partial charge is 0.481 e. The molecule has 0 aromatic carbocycles. The van der Waals surface area contributed by atoms with E-state index in [9.17, 15) is 9.59 Å². The van der Waals surface area contributed by atoms with Crippen LogP contribution in [0.5, 0.6) is 0 Å². The summed E-state index contributed by atoms with van der Waals surface area (Å²) < 4.78 is 5.24.